The average molecular weight is 282 g/mol. The monoisotopic (exact) mass is 281 g/mol. The molecular formula is C11H11ClF3NO2. The molecule has 100 valence electrons. The van der Waals surface area contributed by atoms with E-state index in [1.54, 1.807) is 6.07 Å². The predicted molar refractivity (Wildman–Crippen MR) is 61.4 cm³/mol. The van der Waals surface area contributed by atoms with Crippen molar-refractivity contribution in [1.29, 1.82) is 0 Å². The van der Waals surface area contributed by atoms with Crippen LogP contribution in [0.2, 0.25) is 5.02 Å². The molecule has 0 spiro atoms. The van der Waals surface area contributed by atoms with Gasteiger partial charge in [-0.3, -0.25) is 0 Å². The predicted octanol–water partition coefficient (Wildman–Crippen LogP) is 3.42. The van der Waals surface area contributed by atoms with E-state index < -0.39 is 18.6 Å². The zero-order chi connectivity index (χ0) is 13.8. The zero-order valence-corrected chi connectivity index (χ0v) is 10.0. The Morgan fingerprint density at radius 2 is 2.06 bits per heavy atom. The van der Waals surface area contributed by atoms with Gasteiger partial charge in [0.25, 0.3) is 0 Å². The summed E-state index contributed by atoms with van der Waals surface area (Å²) in [5.41, 5.74) is 5.64. The molecule has 0 aliphatic heterocycles. The molecule has 0 atom stereocenters. The number of nitrogen functional groups attached to an aromatic ring is 1. The number of carbonyl (C=O) groups excluding carboxylic acids is 1. The Morgan fingerprint density at radius 3 is 2.61 bits per heavy atom. The molecule has 0 bridgehead atoms. The summed E-state index contributed by atoms with van der Waals surface area (Å²) in [5, 5.41) is 0.107. The molecule has 18 heavy (non-hydrogen) atoms. The van der Waals surface area contributed by atoms with E-state index in [1.807, 2.05) is 0 Å². The number of anilines is 1. The molecule has 7 heteroatoms. The molecule has 0 heterocycles. The van der Waals surface area contributed by atoms with Gasteiger partial charge in [-0.2, -0.15) is 13.2 Å². The van der Waals surface area contributed by atoms with Gasteiger partial charge in [-0.05, 0) is 18.6 Å². The lowest BCUT2D eigenvalue weighted by Gasteiger charge is -2.09. The first-order valence-electron chi connectivity index (χ1n) is 5.09. The minimum absolute atomic E-state index is 0.0221. The molecule has 0 saturated carbocycles. The van der Waals surface area contributed by atoms with Gasteiger partial charge in [-0.1, -0.05) is 17.7 Å². The molecule has 0 radical (unpaired) electrons. The molecule has 0 saturated heterocycles. The van der Waals surface area contributed by atoms with E-state index in [1.165, 1.54) is 12.1 Å². The van der Waals surface area contributed by atoms with Crippen LogP contribution in [0.1, 0.15) is 23.2 Å². The third-order valence-corrected chi connectivity index (χ3v) is 2.40. The Hall–Kier alpha value is -1.43. The molecule has 3 nitrogen and oxygen atoms in total. The Balaban J connectivity index is 2.51. The zero-order valence-electron chi connectivity index (χ0n) is 9.26. The number of nitrogens with two attached hydrogens (primary N) is 1. The van der Waals surface area contributed by atoms with Gasteiger partial charge in [0, 0.05) is 12.1 Å². The average Bonchev–Trinajstić information content (AvgIpc) is 2.23. The second-order valence-corrected chi connectivity index (χ2v) is 3.97. The number of rotatable bonds is 4. The molecule has 1 aromatic rings. The van der Waals surface area contributed by atoms with Crippen molar-refractivity contribution in [2.24, 2.45) is 0 Å². The summed E-state index contributed by atoms with van der Waals surface area (Å²) in [7, 11) is 0. The second kappa shape index (κ2) is 5.95. The van der Waals surface area contributed by atoms with E-state index in [0.717, 1.165) is 0 Å². The van der Waals surface area contributed by atoms with Gasteiger partial charge >= 0.3 is 12.1 Å². The van der Waals surface area contributed by atoms with Gasteiger partial charge in [-0.15, -0.1) is 0 Å². The fourth-order valence-corrected chi connectivity index (χ4v) is 1.52. The lowest BCUT2D eigenvalue weighted by Crippen LogP contribution is -2.13. The summed E-state index contributed by atoms with van der Waals surface area (Å²) >= 11 is 5.75. The Labute approximate surface area is 107 Å². The van der Waals surface area contributed by atoms with Crippen molar-refractivity contribution >= 4 is 23.3 Å². The van der Waals surface area contributed by atoms with E-state index in [2.05, 4.69) is 4.74 Å². The van der Waals surface area contributed by atoms with E-state index in [0.29, 0.717) is 0 Å². The van der Waals surface area contributed by atoms with Crippen LogP contribution in [0.5, 0.6) is 0 Å². The molecule has 0 aliphatic rings. The van der Waals surface area contributed by atoms with Gasteiger partial charge in [0.1, 0.15) is 5.56 Å². The quantitative estimate of drug-likeness (QED) is 0.523. The fourth-order valence-electron chi connectivity index (χ4n) is 1.27. The first kappa shape index (κ1) is 14.6. The maximum atomic E-state index is 11.8. The number of carbonyl (C=O) groups is 1. The van der Waals surface area contributed by atoms with E-state index in [-0.39, 0.29) is 29.3 Å². The first-order valence-corrected chi connectivity index (χ1v) is 5.47. The van der Waals surface area contributed by atoms with Crippen molar-refractivity contribution in [3.05, 3.63) is 28.8 Å². The third-order valence-electron chi connectivity index (χ3n) is 2.09. The summed E-state index contributed by atoms with van der Waals surface area (Å²) in [6.07, 6.45) is -5.55. The maximum Gasteiger partial charge on any atom is 0.389 e. The molecule has 0 amide bonds. The number of ether oxygens (including phenoxy) is 1. The Kier molecular flexibility index (Phi) is 4.84. The van der Waals surface area contributed by atoms with E-state index in [4.69, 9.17) is 17.3 Å². The number of benzene rings is 1. The van der Waals surface area contributed by atoms with Crippen molar-refractivity contribution < 1.29 is 22.7 Å². The molecule has 1 rings (SSSR count). The fraction of sp³-hybridized carbons (Fsp3) is 0.364. The smallest absolute Gasteiger partial charge is 0.389 e. The highest BCUT2D eigenvalue weighted by Crippen LogP contribution is 2.24. The van der Waals surface area contributed by atoms with E-state index >= 15 is 0 Å². The SMILES string of the molecule is Nc1cccc(Cl)c1C(=O)OCCCC(F)(F)F. The topological polar surface area (TPSA) is 52.3 Å². The summed E-state index contributed by atoms with van der Waals surface area (Å²) in [4.78, 5) is 11.5. The molecule has 0 unspecified atom stereocenters. The van der Waals surface area contributed by atoms with Crippen molar-refractivity contribution in [2.45, 2.75) is 19.0 Å². The lowest BCUT2D eigenvalue weighted by atomic mass is 10.2. The first-order chi connectivity index (χ1) is 8.31. The Bertz CT molecular complexity index is 415. The lowest BCUT2D eigenvalue weighted by molar-refractivity contribution is -0.137. The summed E-state index contributed by atoms with van der Waals surface area (Å²) < 4.78 is 40.2. The van der Waals surface area contributed by atoms with Crippen LogP contribution in [0, 0.1) is 0 Å². The highest BCUT2D eigenvalue weighted by atomic mass is 35.5. The normalized spacial score (nSPS) is 11.3. The highest BCUT2D eigenvalue weighted by molar-refractivity contribution is 6.34. The van der Waals surface area contributed by atoms with Crippen LogP contribution in [0.4, 0.5) is 18.9 Å². The molecule has 0 fully saturated rings. The van der Waals surface area contributed by atoms with Crippen LogP contribution in [-0.2, 0) is 4.74 Å². The molecule has 0 aromatic heterocycles. The van der Waals surface area contributed by atoms with Crippen LogP contribution < -0.4 is 5.73 Å². The van der Waals surface area contributed by atoms with Crippen LogP contribution in [0.15, 0.2) is 18.2 Å². The summed E-state index contributed by atoms with van der Waals surface area (Å²) in [6, 6.07) is 4.46. The number of halogens is 4. The number of hydrogen-bond acceptors (Lipinski definition) is 3. The number of alkyl halides is 3. The number of esters is 1. The maximum absolute atomic E-state index is 11.8. The number of hydrogen-bond donors (Lipinski definition) is 1. The highest BCUT2D eigenvalue weighted by Gasteiger charge is 2.26. The van der Waals surface area contributed by atoms with Gasteiger partial charge in [0.2, 0.25) is 0 Å². The van der Waals surface area contributed by atoms with Crippen molar-refractivity contribution in [1.82, 2.24) is 0 Å². The van der Waals surface area contributed by atoms with Crippen LogP contribution in [0.25, 0.3) is 0 Å². The van der Waals surface area contributed by atoms with Gasteiger partial charge in [0.15, 0.2) is 0 Å². The van der Waals surface area contributed by atoms with Crippen LogP contribution in [-0.4, -0.2) is 18.8 Å². The molecule has 2 N–H and O–H groups in total. The van der Waals surface area contributed by atoms with E-state index in [9.17, 15) is 18.0 Å². The third kappa shape index (κ3) is 4.44. The van der Waals surface area contributed by atoms with Crippen LogP contribution >= 0.6 is 11.6 Å². The molecule has 1 aromatic carbocycles. The Morgan fingerprint density at radius 1 is 1.39 bits per heavy atom. The molecule has 0 aliphatic carbocycles. The minimum Gasteiger partial charge on any atom is -0.462 e. The standard InChI is InChI=1S/C11H11ClF3NO2/c12-7-3-1-4-8(16)9(7)10(17)18-6-2-5-11(13,14)15/h1,3-4H,2,5-6,16H2. The summed E-state index contributed by atoms with van der Waals surface area (Å²) in [5.74, 6) is -0.819. The van der Waals surface area contributed by atoms with Gasteiger partial charge in [0.05, 0.1) is 11.6 Å². The van der Waals surface area contributed by atoms with Crippen molar-refractivity contribution in [3.8, 4) is 0 Å². The minimum atomic E-state index is -4.25. The van der Waals surface area contributed by atoms with Crippen LogP contribution in [0.3, 0.4) is 0 Å². The second-order valence-electron chi connectivity index (χ2n) is 3.56. The van der Waals surface area contributed by atoms with Crippen molar-refractivity contribution in [2.75, 3.05) is 12.3 Å². The van der Waals surface area contributed by atoms with Gasteiger partial charge < -0.3 is 10.5 Å². The van der Waals surface area contributed by atoms with Gasteiger partial charge in [-0.25, -0.2) is 4.79 Å². The van der Waals surface area contributed by atoms with Crippen molar-refractivity contribution in [3.63, 3.8) is 0 Å². The largest absolute Gasteiger partial charge is 0.462 e. The molecular weight excluding hydrogens is 271 g/mol. The summed E-state index contributed by atoms with van der Waals surface area (Å²) in [6.45, 7) is -0.330.